The smallest absolute Gasteiger partial charge is 0.334 e. The lowest BCUT2D eigenvalue weighted by Gasteiger charge is -2.08. The van der Waals surface area contributed by atoms with E-state index in [0.717, 1.165) is 17.6 Å². The molecule has 0 spiro atoms. The number of rotatable bonds is 3. The molecule has 0 amide bonds. The van der Waals surface area contributed by atoms with E-state index in [4.69, 9.17) is 4.74 Å². The van der Waals surface area contributed by atoms with Gasteiger partial charge >= 0.3 is 5.97 Å². The van der Waals surface area contributed by atoms with Gasteiger partial charge in [0.1, 0.15) is 0 Å². The predicted molar refractivity (Wildman–Crippen MR) is 79.2 cm³/mol. The third-order valence-corrected chi connectivity index (χ3v) is 3.73. The highest BCUT2D eigenvalue weighted by Crippen LogP contribution is 2.35. The number of methoxy groups -OCH3 is 1. The molecule has 3 rings (SSSR count). The van der Waals surface area contributed by atoms with E-state index in [1.807, 2.05) is 30.3 Å². The van der Waals surface area contributed by atoms with Crippen molar-refractivity contribution in [2.75, 3.05) is 7.11 Å². The average Bonchev–Trinajstić information content (AvgIpc) is 2.86. The van der Waals surface area contributed by atoms with Gasteiger partial charge in [-0.15, -0.1) is 0 Å². The highest BCUT2D eigenvalue weighted by molar-refractivity contribution is 6.01. The predicted octanol–water partition coefficient (Wildman–Crippen LogP) is 3.41. The molecule has 1 aliphatic carbocycles. The third-order valence-electron chi connectivity index (χ3n) is 3.73. The van der Waals surface area contributed by atoms with Crippen LogP contribution in [0.4, 0.5) is 0 Å². The summed E-state index contributed by atoms with van der Waals surface area (Å²) in [5.41, 5.74) is 5.48. The zero-order valence-corrected chi connectivity index (χ0v) is 11.4. The van der Waals surface area contributed by atoms with Gasteiger partial charge in [-0.3, -0.25) is 0 Å². The molecule has 0 aliphatic heterocycles. The molecule has 2 heteroatoms. The fraction of sp³-hybridized carbons (Fsp3) is 0.167. The summed E-state index contributed by atoms with van der Waals surface area (Å²) in [5.74, 6) is -0.216. The third kappa shape index (κ3) is 2.25. The van der Waals surface area contributed by atoms with Crippen LogP contribution in [0.3, 0.4) is 0 Å². The second kappa shape index (κ2) is 5.33. The van der Waals surface area contributed by atoms with Crippen LogP contribution in [0.5, 0.6) is 0 Å². The minimum atomic E-state index is -0.216. The monoisotopic (exact) mass is 264 g/mol. The van der Waals surface area contributed by atoms with Gasteiger partial charge in [0.2, 0.25) is 0 Å². The van der Waals surface area contributed by atoms with Crippen LogP contribution in [-0.4, -0.2) is 13.1 Å². The molecule has 100 valence electrons. The maximum absolute atomic E-state index is 12.0. The van der Waals surface area contributed by atoms with Gasteiger partial charge in [-0.05, 0) is 28.7 Å². The number of benzene rings is 2. The van der Waals surface area contributed by atoms with Crippen molar-refractivity contribution < 1.29 is 9.53 Å². The average molecular weight is 264 g/mol. The number of fused-ring (bicyclic) bond motifs is 1. The molecule has 0 saturated carbocycles. The van der Waals surface area contributed by atoms with Gasteiger partial charge in [-0.2, -0.15) is 0 Å². The molecular formula is C18H16O2. The van der Waals surface area contributed by atoms with Crippen LogP contribution in [0.25, 0.3) is 5.57 Å². The second-order valence-electron chi connectivity index (χ2n) is 4.94. The van der Waals surface area contributed by atoms with Crippen molar-refractivity contribution >= 4 is 11.5 Å². The first-order valence-corrected chi connectivity index (χ1v) is 6.72. The Morgan fingerprint density at radius 2 is 1.75 bits per heavy atom. The minimum absolute atomic E-state index is 0.216. The van der Waals surface area contributed by atoms with Crippen LogP contribution in [0, 0.1) is 0 Å². The molecule has 20 heavy (non-hydrogen) atoms. The normalized spacial score (nSPS) is 13.2. The standard InChI is InChI=1S/C18H16O2/c1-20-18(19)17-12-14-9-5-6-10-15(14)16(17)11-13-7-3-2-4-8-13/h2-10H,11-12H2,1H3. The van der Waals surface area contributed by atoms with Gasteiger partial charge in [-0.1, -0.05) is 54.6 Å². The number of allylic oxidation sites excluding steroid dienone is 1. The van der Waals surface area contributed by atoms with Crippen molar-refractivity contribution in [2.24, 2.45) is 0 Å². The van der Waals surface area contributed by atoms with Crippen LogP contribution < -0.4 is 0 Å². The van der Waals surface area contributed by atoms with E-state index >= 15 is 0 Å². The molecule has 0 fully saturated rings. The van der Waals surface area contributed by atoms with E-state index in [1.165, 1.54) is 23.8 Å². The summed E-state index contributed by atoms with van der Waals surface area (Å²) in [4.78, 5) is 12.0. The van der Waals surface area contributed by atoms with Crippen LogP contribution in [0.15, 0.2) is 60.2 Å². The van der Waals surface area contributed by atoms with Crippen molar-refractivity contribution in [1.82, 2.24) is 0 Å². The van der Waals surface area contributed by atoms with Crippen LogP contribution in [0.2, 0.25) is 0 Å². The van der Waals surface area contributed by atoms with E-state index in [-0.39, 0.29) is 5.97 Å². The Bertz CT molecular complexity index is 669. The van der Waals surface area contributed by atoms with E-state index in [2.05, 4.69) is 24.3 Å². The molecule has 2 aromatic carbocycles. The highest BCUT2D eigenvalue weighted by atomic mass is 16.5. The molecule has 0 aromatic heterocycles. The lowest BCUT2D eigenvalue weighted by atomic mass is 9.98. The topological polar surface area (TPSA) is 26.3 Å². The molecular weight excluding hydrogens is 248 g/mol. The first-order valence-electron chi connectivity index (χ1n) is 6.72. The van der Waals surface area contributed by atoms with Crippen LogP contribution in [0.1, 0.15) is 16.7 Å². The fourth-order valence-corrected chi connectivity index (χ4v) is 2.75. The molecule has 0 atom stereocenters. The van der Waals surface area contributed by atoms with Gasteiger partial charge in [-0.25, -0.2) is 4.79 Å². The minimum Gasteiger partial charge on any atom is -0.466 e. The van der Waals surface area contributed by atoms with Crippen molar-refractivity contribution in [3.8, 4) is 0 Å². The summed E-state index contributed by atoms with van der Waals surface area (Å²) in [5, 5.41) is 0. The van der Waals surface area contributed by atoms with Gasteiger partial charge in [0.05, 0.1) is 7.11 Å². The molecule has 0 bridgehead atoms. The Morgan fingerprint density at radius 1 is 1.05 bits per heavy atom. The molecule has 2 aromatic rings. The summed E-state index contributed by atoms with van der Waals surface area (Å²) in [7, 11) is 1.44. The lowest BCUT2D eigenvalue weighted by molar-refractivity contribution is -0.136. The molecule has 2 nitrogen and oxygen atoms in total. The fourth-order valence-electron chi connectivity index (χ4n) is 2.75. The Balaban J connectivity index is 2.03. The number of carbonyl (C=O) groups excluding carboxylic acids is 1. The zero-order chi connectivity index (χ0) is 13.9. The molecule has 0 N–H and O–H groups in total. The van der Waals surface area contributed by atoms with Crippen molar-refractivity contribution in [3.05, 3.63) is 76.9 Å². The van der Waals surface area contributed by atoms with Crippen LogP contribution >= 0.6 is 0 Å². The zero-order valence-electron chi connectivity index (χ0n) is 11.4. The molecule has 0 saturated heterocycles. The molecule has 0 radical (unpaired) electrons. The Labute approximate surface area is 118 Å². The highest BCUT2D eigenvalue weighted by Gasteiger charge is 2.26. The first-order chi connectivity index (χ1) is 9.79. The van der Waals surface area contributed by atoms with Crippen molar-refractivity contribution in [1.29, 1.82) is 0 Å². The van der Waals surface area contributed by atoms with E-state index < -0.39 is 0 Å². The maximum Gasteiger partial charge on any atom is 0.334 e. The number of ether oxygens (including phenoxy) is 1. The van der Waals surface area contributed by atoms with E-state index in [9.17, 15) is 4.79 Å². The molecule has 0 heterocycles. The Morgan fingerprint density at radius 3 is 2.50 bits per heavy atom. The van der Waals surface area contributed by atoms with Gasteiger partial charge in [0.15, 0.2) is 0 Å². The number of esters is 1. The van der Waals surface area contributed by atoms with Gasteiger partial charge < -0.3 is 4.74 Å². The Kier molecular flexibility index (Phi) is 3.38. The quantitative estimate of drug-likeness (QED) is 0.794. The summed E-state index contributed by atoms with van der Waals surface area (Å²) in [6, 6.07) is 18.4. The second-order valence-corrected chi connectivity index (χ2v) is 4.94. The maximum atomic E-state index is 12.0. The number of hydrogen-bond donors (Lipinski definition) is 0. The summed E-state index contributed by atoms with van der Waals surface area (Å²) < 4.78 is 4.94. The summed E-state index contributed by atoms with van der Waals surface area (Å²) in [6.45, 7) is 0. The summed E-state index contributed by atoms with van der Waals surface area (Å²) in [6.07, 6.45) is 1.44. The number of carbonyl (C=O) groups is 1. The summed E-state index contributed by atoms with van der Waals surface area (Å²) >= 11 is 0. The molecule has 0 unspecified atom stereocenters. The SMILES string of the molecule is COC(=O)C1=C(Cc2ccccc2)c2ccccc2C1. The Hall–Kier alpha value is -2.35. The molecule has 1 aliphatic rings. The first kappa shape index (κ1) is 12.7. The lowest BCUT2D eigenvalue weighted by Crippen LogP contribution is -2.06. The van der Waals surface area contributed by atoms with Gasteiger partial charge in [0, 0.05) is 12.0 Å². The van der Waals surface area contributed by atoms with Gasteiger partial charge in [0.25, 0.3) is 0 Å². The largest absolute Gasteiger partial charge is 0.466 e. The van der Waals surface area contributed by atoms with E-state index in [1.54, 1.807) is 0 Å². The van der Waals surface area contributed by atoms with Crippen LogP contribution in [-0.2, 0) is 22.4 Å². The van der Waals surface area contributed by atoms with Crippen molar-refractivity contribution in [2.45, 2.75) is 12.8 Å². The number of hydrogen-bond acceptors (Lipinski definition) is 2. The van der Waals surface area contributed by atoms with Crippen molar-refractivity contribution in [3.63, 3.8) is 0 Å². The van der Waals surface area contributed by atoms with E-state index in [0.29, 0.717) is 6.42 Å².